The van der Waals surface area contributed by atoms with Crippen molar-refractivity contribution < 1.29 is 18.7 Å². The van der Waals surface area contributed by atoms with Gasteiger partial charge in [0.15, 0.2) is 0 Å². The minimum Gasteiger partial charge on any atom is -0.389 e. The Morgan fingerprint density at radius 2 is 2.00 bits per heavy atom. The Morgan fingerprint density at radius 3 is 2.58 bits per heavy atom. The van der Waals surface area contributed by atoms with Gasteiger partial charge in [0.2, 0.25) is 0 Å². The Bertz CT molecular complexity index is 800. The van der Waals surface area contributed by atoms with Crippen LogP contribution in [-0.2, 0) is 0 Å². The lowest BCUT2D eigenvalue weighted by Gasteiger charge is -2.17. The minimum absolute atomic E-state index is 0.0726. The highest BCUT2D eigenvalue weighted by Crippen LogP contribution is 2.08. The number of amides is 1. The predicted molar refractivity (Wildman–Crippen MR) is 85.2 cm³/mol. The third-order valence-corrected chi connectivity index (χ3v) is 2.95. The zero-order valence-electron chi connectivity index (χ0n) is 13.2. The van der Waals surface area contributed by atoms with Crippen LogP contribution in [0.5, 0.6) is 0 Å². The average Bonchev–Trinajstić information content (AvgIpc) is 2.51. The SMILES string of the molecule is CC(C)(O)CNC(=O)c1ccc(C#Cc2ccc(F)cc2F)cn1. The first-order chi connectivity index (χ1) is 11.2. The number of carbonyl (C=O) groups excluding carboxylic acids is 1. The number of halogens is 2. The Kier molecular flexibility index (Phi) is 5.27. The lowest BCUT2D eigenvalue weighted by Crippen LogP contribution is -2.38. The van der Waals surface area contributed by atoms with Crippen LogP contribution >= 0.6 is 0 Å². The van der Waals surface area contributed by atoms with Gasteiger partial charge in [0, 0.05) is 24.4 Å². The summed E-state index contributed by atoms with van der Waals surface area (Å²) in [6, 6.07) is 6.19. The van der Waals surface area contributed by atoms with E-state index in [2.05, 4.69) is 22.1 Å². The molecule has 124 valence electrons. The van der Waals surface area contributed by atoms with Gasteiger partial charge >= 0.3 is 0 Å². The topological polar surface area (TPSA) is 62.2 Å². The quantitative estimate of drug-likeness (QED) is 0.849. The van der Waals surface area contributed by atoms with E-state index in [0.717, 1.165) is 12.1 Å². The van der Waals surface area contributed by atoms with Crippen LogP contribution in [0.2, 0.25) is 0 Å². The van der Waals surface area contributed by atoms with E-state index in [1.807, 2.05) is 0 Å². The molecule has 0 spiro atoms. The standard InChI is InChI=1S/C18H16F2N2O2/c1-18(2,24)11-22-17(23)16-8-4-12(10-21-16)3-5-13-6-7-14(19)9-15(13)20/h4,6-10,24H,11H2,1-2H3,(H,22,23). The average molecular weight is 330 g/mol. The van der Waals surface area contributed by atoms with Gasteiger partial charge in [-0.3, -0.25) is 4.79 Å². The molecular formula is C18H16F2N2O2. The fourth-order valence-corrected chi connectivity index (χ4v) is 1.72. The van der Waals surface area contributed by atoms with Gasteiger partial charge in [0.1, 0.15) is 17.3 Å². The van der Waals surface area contributed by atoms with Gasteiger partial charge in [-0.25, -0.2) is 13.8 Å². The highest BCUT2D eigenvalue weighted by atomic mass is 19.1. The number of hydrogen-bond donors (Lipinski definition) is 2. The van der Waals surface area contributed by atoms with Crippen molar-refractivity contribution in [1.29, 1.82) is 0 Å². The first kappa shape index (κ1) is 17.6. The van der Waals surface area contributed by atoms with E-state index >= 15 is 0 Å². The molecule has 0 unspecified atom stereocenters. The molecule has 0 saturated heterocycles. The monoisotopic (exact) mass is 330 g/mol. The molecular weight excluding hydrogens is 314 g/mol. The summed E-state index contributed by atoms with van der Waals surface area (Å²) in [6.45, 7) is 3.25. The Balaban J connectivity index is 2.07. The summed E-state index contributed by atoms with van der Waals surface area (Å²) >= 11 is 0. The Hall–Kier alpha value is -2.78. The molecule has 0 aliphatic carbocycles. The maximum Gasteiger partial charge on any atom is 0.269 e. The van der Waals surface area contributed by atoms with Crippen molar-refractivity contribution in [3.8, 4) is 11.8 Å². The van der Waals surface area contributed by atoms with Crippen LogP contribution in [0, 0.1) is 23.5 Å². The number of benzene rings is 1. The van der Waals surface area contributed by atoms with Crippen molar-refractivity contribution >= 4 is 5.91 Å². The maximum absolute atomic E-state index is 13.5. The smallest absolute Gasteiger partial charge is 0.269 e. The van der Waals surface area contributed by atoms with Crippen LogP contribution in [0.1, 0.15) is 35.5 Å². The number of nitrogens with one attached hydrogen (secondary N) is 1. The van der Waals surface area contributed by atoms with E-state index in [1.54, 1.807) is 19.9 Å². The van der Waals surface area contributed by atoms with E-state index in [0.29, 0.717) is 5.56 Å². The highest BCUT2D eigenvalue weighted by molar-refractivity contribution is 5.92. The molecule has 0 saturated carbocycles. The molecule has 1 heterocycles. The van der Waals surface area contributed by atoms with E-state index in [1.165, 1.54) is 18.3 Å². The van der Waals surface area contributed by atoms with Crippen LogP contribution in [0.4, 0.5) is 8.78 Å². The summed E-state index contributed by atoms with van der Waals surface area (Å²) < 4.78 is 26.3. The molecule has 0 fully saturated rings. The number of aromatic nitrogens is 1. The molecule has 2 aromatic rings. The van der Waals surface area contributed by atoms with Gasteiger partial charge in [-0.15, -0.1) is 0 Å². The second-order valence-corrected chi connectivity index (χ2v) is 5.80. The minimum atomic E-state index is -1.01. The number of nitrogens with zero attached hydrogens (tertiary/aromatic N) is 1. The van der Waals surface area contributed by atoms with Crippen LogP contribution in [0.15, 0.2) is 36.5 Å². The second kappa shape index (κ2) is 7.20. The Morgan fingerprint density at radius 1 is 1.25 bits per heavy atom. The molecule has 4 nitrogen and oxygen atoms in total. The summed E-state index contributed by atoms with van der Waals surface area (Å²) in [7, 11) is 0. The van der Waals surface area contributed by atoms with Crippen LogP contribution in [0.25, 0.3) is 0 Å². The number of carbonyl (C=O) groups is 1. The molecule has 0 bridgehead atoms. The highest BCUT2D eigenvalue weighted by Gasteiger charge is 2.15. The maximum atomic E-state index is 13.5. The first-order valence-electron chi connectivity index (χ1n) is 7.18. The third-order valence-electron chi connectivity index (χ3n) is 2.95. The molecule has 0 aliphatic rings. The molecule has 1 aromatic heterocycles. The van der Waals surface area contributed by atoms with Crippen molar-refractivity contribution in [2.45, 2.75) is 19.4 Å². The number of pyridine rings is 1. The largest absolute Gasteiger partial charge is 0.389 e. The molecule has 24 heavy (non-hydrogen) atoms. The summed E-state index contributed by atoms with van der Waals surface area (Å²) in [5, 5.41) is 12.1. The number of aliphatic hydroxyl groups is 1. The summed E-state index contributed by atoms with van der Waals surface area (Å²) in [6.07, 6.45) is 1.38. The van der Waals surface area contributed by atoms with Crippen molar-refractivity contribution in [3.05, 3.63) is 65.0 Å². The molecule has 0 atom stereocenters. The third kappa shape index (κ3) is 5.14. The molecule has 1 aromatic carbocycles. The molecule has 6 heteroatoms. The van der Waals surface area contributed by atoms with Gasteiger partial charge < -0.3 is 10.4 Å². The van der Waals surface area contributed by atoms with Crippen molar-refractivity contribution in [1.82, 2.24) is 10.3 Å². The molecule has 0 radical (unpaired) electrons. The van der Waals surface area contributed by atoms with Crippen LogP contribution in [0.3, 0.4) is 0 Å². The van der Waals surface area contributed by atoms with E-state index in [-0.39, 0.29) is 17.8 Å². The van der Waals surface area contributed by atoms with Gasteiger partial charge in [-0.05, 0) is 38.1 Å². The fraction of sp³-hybridized carbons (Fsp3) is 0.222. The van der Waals surface area contributed by atoms with Crippen molar-refractivity contribution in [2.75, 3.05) is 6.54 Å². The van der Waals surface area contributed by atoms with Crippen LogP contribution in [-0.4, -0.2) is 28.1 Å². The van der Waals surface area contributed by atoms with Gasteiger partial charge in [-0.1, -0.05) is 11.8 Å². The predicted octanol–water partition coefficient (Wildman–Crippen LogP) is 2.26. The fourth-order valence-electron chi connectivity index (χ4n) is 1.72. The second-order valence-electron chi connectivity index (χ2n) is 5.80. The first-order valence-corrected chi connectivity index (χ1v) is 7.18. The lowest BCUT2D eigenvalue weighted by molar-refractivity contribution is 0.0692. The van der Waals surface area contributed by atoms with Crippen molar-refractivity contribution in [2.24, 2.45) is 0 Å². The number of rotatable bonds is 3. The molecule has 0 aliphatic heterocycles. The van der Waals surface area contributed by atoms with Crippen LogP contribution < -0.4 is 5.32 Å². The van der Waals surface area contributed by atoms with Gasteiger partial charge in [-0.2, -0.15) is 0 Å². The van der Waals surface area contributed by atoms with Crippen molar-refractivity contribution in [3.63, 3.8) is 0 Å². The van der Waals surface area contributed by atoms with E-state index in [9.17, 15) is 18.7 Å². The summed E-state index contributed by atoms with van der Waals surface area (Å²) in [4.78, 5) is 15.8. The van der Waals surface area contributed by atoms with Gasteiger partial charge in [0.05, 0.1) is 11.2 Å². The summed E-state index contributed by atoms with van der Waals surface area (Å²) in [5.41, 5.74) is -0.278. The zero-order valence-corrected chi connectivity index (χ0v) is 13.2. The van der Waals surface area contributed by atoms with Gasteiger partial charge in [0.25, 0.3) is 5.91 Å². The normalized spacial score (nSPS) is 10.7. The summed E-state index contributed by atoms with van der Waals surface area (Å²) in [5.74, 6) is 3.46. The van der Waals surface area contributed by atoms with E-state index in [4.69, 9.17) is 0 Å². The Labute approximate surface area is 138 Å². The van der Waals surface area contributed by atoms with E-state index < -0.39 is 23.1 Å². The molecule has 2 N–H and O–H groups in total. The molecule has 2 rings (SSSR count). The molecule has 1 amide bonds. The lowest BCUT2D eigenvalue weighted by atomic mass is 10.1. The zero-order chi connectivity index (χ0) is 17.7. The number of hydrogen-bond acceptors (Lipinski definition) is 3.